The molecule has 0 aliphatic rings. The Balaban J connectivity index is 4.43. The molecule has 392 valence electrons. The maximum atomic E-state index is 12.9. The number of allylic oxidation sites excluding steroid dienone is 12. The van der Waals surface area contributed by atoms with Gasteiger partial charge in [-0.1, -0.05) is 248 Å². The van der Waals surface area contributed by atoms with Crippen molar-refractivity contribution in [1.29, 1.82) is 0 Å². The molecule has 1 atom stereocenters. The van der Waals surface area contributed by atoms with E-state index in [0.717, 1.165) is 96.3 Å². The zero-order valence-electron chi connectivity index (χ0n) is 44.9. The van der Waals surface area contributed by atoms with Gasteiger partial charge in [-0.25, -0.2) is 0 Å². The summed E-state index contributed by atoms with van der Waals surface area (Å²) in [5.41, 5.74) is 0. The molecule has 0 heterocycles. The third-order valence-corrected chi connectivity index (χ3v) is 12.4. The van der Waals surface area contributed by atoms with Gasteiger partial charge in [0.05, 0.1) is 0 Å². The second-order valence-corrected chi connectivity index (χ2v) is 19.2. The monoisotopic (exact) mass is 949 g/mol. The number of unbranched alkanes of at least 4 members (excludes halogenated alkanes) is 29. The Hall–Kier alpha value is -3.15. The van der Waals surface area contributed by atoms with Gasteiger partial charge in [-0.2, -0.15) is 0 Å². The van der Waals surface area contributed by atoms with Crippen LogP contribution in [0.3, 0.4) is 0 Å². The van der Waals surface area contributed by atoms with Crippen molar-refractivity contribution in [3.05, 3.63) is 72.9 Å². The molecule has 0 saturated heterocycles. The second kappa shape index (κ2) is 56.4. The predicted octanol–water partition coefficient (Wildman–Crippen LogP) is 19.4. The fraction of sp³-hybridized carbons (Fsp3) is 0.758. The molecule has 0 spiro atoms. The molecule has 0 N–H and O–H groups in total. The van der Waals surface area contributed by atoms with E-state index >= 15 is 0 Å². The van der Waals surface area contributed by atoms with Crippen molar-refractivity contribution in [3.8, 4) is 0 Å². The average Bonchev–Trinajstić information content (AvgIpc) is 3.34. The fourth-order valence-corrected chi connectivity index (χ4v) is 8.11. The Labute approximate surface area is 421 Å². The summed E-state index contributed by atoms with van der Waals surface area (Å²) in [6.45, 7) is 6.51. The Morgan fingerprint density at radius 2 is 0.574 bits per heavy atom. The Morgan fingerprint density at radius 1 is 0.309 bits per heavy atom. The summed E-state index contributed by atoms with van der Waals surface area (Å²) in [6, 6.07) is 0. The van der Waals surface area contributed by atoms with Gasteiger partial charge < -0.3 is 14.2 Å². The van der Waals surface area contributed by atoms with E-state index in [0.29, 0.717) is 19.3 Å². The van der Waals surface area contributed by atoms with E-state index in [1.807, 2.05) is 0 Å². The third-order valence-electron chi connectivity index (χ3n) is 12.4. The van der Waals surface area contributed by atoms with E-state index in [4.69, 9.17) is 14.2 Å². The summed E-state index contributed by atoms with van der Waals surface area (Å²) < 4.78 is 16.9. The molecule has 6 nitrogen and oxygen atoms in total. The van der Waals surface area contributed by atoms with E-state index in [2.05, 4.69) is 93.7 Å². The zero-order valence-corrected chi connectivity index (χ0v) is 44.9. The summed E-state index contributed by atoms with van der Waals surface area (Å²) in [7, 11) is 0. The molecule has 0 fully saturated rings. The van der Waals surface area contributed by atoms with Crippen molar-refractivity contribution in [2.75, 3.05) is 13.2 Å². The van der Waals surface area contributed by atoms with Crippen molar-refractivity contribution < 1.29 is 28.6 Å². The highest BCUT2D eigenvalue weighted by molar-refractivity contribution is 5.71. The molecule has 0 unspecified atom stereocenters. The van der Waals surface area contributed by atoms with Crippen LogP contribution in [0, 0.1) is 0 Å². The number of carbonyl (C=O) groups excluding carboxylic acids is 3. The molecule has 0 aliphatic carbocycles. The van der Waals surface area contributed by atoms with E-state index in [9.17, 15) is 14.4 Å². The smallest absolute Gasteiger partial charge is 0.306 e. The van der Waals surface area contributed by atoms with Crippen molar-refractivity contribution in [3.63, 3.8) is 0 Å². The standard InChI is InChI=1S/C62H108O6/c1-4-7-10-13-16-19-22-25-28-30-31-33-34-37-40-43-46-49-52-55-61(64)67-58-59(57-66-60(63)54-51-48-45-42-39-36-27-24-21-18-15-12-9-6-3)68-62(65)56-53-50-47-44-41-38-35-32-29-26-23-20-17-14-11-8-5-2/h7,10,16,19,25-26,28-29,31,33,37,40,59H,4-6,8-9,11-15,17-18,20-24,27,30,32,34-36,38-39,41-58H2,1-3H3/b10-7+,19-16+,28-25+,29-26+,33-31+,40-37+/t59-/m1/s1. The molecular weight excluding hydrogens is 841 g/mol. The van der Waals surface area contributed by atoms with Crippen LogP contribution in [-0.4, -0.2) is 37.2 Å². The first-order chi connectivity index (χ1) is 33.5. The van der Waals surface area contributed by atoms with E-state index in [1.165, 1.54) is 148 Å². The van der Waals surface area contributed by atoms with E-state index < -0.39 is 6.10 Å². The van der Waals surface area contributed by atoms with Gasteiger partial charge in [0.1, 0.15) is 13.2 Å². The number of carbonyl (C=O) groups is 3. The maximum Gasteiger partial charge on any atom is 0.306 e. The molecule has 0 aromatic rings. The lowest BCUT2D eigenvalue weighted by Crippen LogP contribution is -2.30. The quantitative estimate of drug-likeness (QED) is 0.0262. The van der Waals surface area contributed by atoms with Gasteiger partial charge in [-0.15, -0.1) is 0 Å². The van der Waals surface area contributed by atoms with Crippen LogP contribution in [0.4, 0.5) is 0 Å². The van der Waals surface area contributed by atoms with Gasteiger partial charge >= 0.3 is 17.9 Å². The molecule has 0 aromatic heterocycles. The third kappa shape index (κ3) is 53.8. The van der Waals surface area contributed by atoms with Crippen LogP contribution >= 0.6 is 0 Å². The summed E-state index contributed by atoms with van der Waals surface area (Å²) in [6.07, 6.45) is 71.7. The number of ether oxygens (including phenoxy) is 3. The SMILES string of the molecule is CC/C=C/C/C=C/C/C=C/C/C=C/C/C=C/CCCCCC(=O)OC[C@@H](COC(=O)CCCCCCCCCCCCCCCC)OC(=O)CCCCCCCCC/C=C/CCCCCCCC. The van der Waals surface area contributed by atoms with Crippen molar-refractivity contribution in [2.24, 2.45) is 0 Å². The second-order valence-electron chi connectivity index (χ2n) is 19.2. The molecule has 6 heteroatoms. The Morgan fingerprint density at radius 3 is 0.926 bits per heavy atom. The number of hydrogen-bond donors (Lipinski definition) is 0. The molecule has 0 saturated carbocycles. The average molecular weight is 950 g/mol. The normalized spacial score (nSPS) is 12.6. The zero-order chi connectivity index (χ0) is 49.3. The van der Waals surface area contributed by atoms with Crippen LogP contribution in [0.25, 0.3) is 0 Å². The van der Waals surface area contributed by atoms with Gasteiger partial charge in [0, 0.05) is 19.3 Å². The molecule has 0 radical (unpaired) electrons. The minimum atomic E-state index is -0.790. The highest BCUT2D eigenvalue weighted by atomic mass is 16.6. The highest BCUT2D eigenvalue weighted by Gasteiger charge is 2.19. The molecule has 0 rings (SSSR count). The molecule has 0 aromatic carbocycles. The minimum Gasteiger partial charge on any atom is -0.462 e. The first kappa shape index (κ1) is 64.8. The number of hydrogen-bond acceptors (Lipinski definition) is 6. The van der Waals surface area contributed by atoms with Gasteiger partial charge in [-0.05, 0) is 89.9 Å². The van der Waals surface area contributed by atoms with Crippen LogP contribution in [-0.2, 0) is 28.6 Å². The molecule has 68 heavy (non-hydrogen) atoms. The number of rotatable bonds is 52. The Bertz CT molecular complexity index is 1270. The summed E-state index contributed by atoms with van der Waals surface area (Å²) in [5, 5.41) is 0. The van der Waals surface area contributed by atoms with Crippen LogP contribution in [0.15, 0.2) is 72.9 Å². The highest BCUT2D eigenvalue weighted by Crippen LogP contribution is 2.16. The lowest BCUT2D eigenvalue weighted by atomic mass is 10.0. The molecule has 0 amide bonds. The van der Waals surface area contributed by atoms with E-state index in [-0.39, 0.29) is 31.1 Å². The largest absolute Gasteiger partial charge is 0.462 e. The molecule has 0 aliphatic heterocycles. The van der Waals surface area contributed by atoms with Crippen LogP contribution in [0.1, 0.15) is 284 Å². The predicted molar refractivity (Wildman–Crippen MR) is 293 cm³/mol. The molecule has 0 bridgehead atoms. The number of esters is 3. The van der Waals surface area contributed by atoms with Gasteiger partial charge in [-0.3, -0.25) is 14.4 Å². The van der Waals surface area contributed by atoms with Crippen molar-refractivity contribution in [1.82, 2.24) is 0 Å². The maximum absolute atomic E-state index is 12.9. The lowest BCUT2D eigenvalue weighted by molar-refractivity contribution is -0.167. The minimum absolute atomic E-state index is 0.0854. The van der Waals surface area contributed by atoms with E-state index in [1.54, 1.807) is 0 Å². The topological polar surface area (TPSA) is 78.9 Å². The Kier molecular flexibility index (Phi) is 53.8. The van der Waals surface area contributed by atoms with Crippen LogP contribution in [0.5, 0.6) is 0 Å². The molecular formula is C62H108O6. The first-order valence-electron chi connectivity index (χ1n) is 28.9. The van der Waals surface area contributed by atoms with Gasteiger partial charge in [0.2, 0.25) is 0 Å². The summed E-state index contributed by atoms with van der Waals surface area (Å²) in [4.78, 5) is 38.2. The first-order valence-corrected chi connectivity index (χ1v) is 28.9. The van der Waals surface area contributed by atoms with Crippen LogP contribution in [0.2, 0.25) is 0 Å². The van der Waals surface area contributed by atoms with Crippen molar-refractivity contribution in [2.45, 2.75) is 290 Å². The van der Waals surface area contributed by atoms with Crippen molar-refractivity contribution >= 4 is 17.9 Å². The van der Waals surface area contributed by atoms with Gasteiger partial charge in [0.25, 0.3) is 0 Å². The van der Waals surface area contributed by atoms with Crippen LogP contribution < -0.4 is 0 Å². The van der Waals surface area contributed by atoms with Gasteiger partial charge in [0.15, 0.2) is 6.10 Å². The lowest BCUT2D eigenvalue weighted by Gasteiger charge is -2.18. The fourth-order valence-electron chi connectivity index (χ4n) is 8.11. The summed E-state index contributed by atoms with van der Waals surface area (Å²) >= 11 is 0. The summed E-state index contributed by atoms with van der Waals surface area (Å²) in [5.74, 6) is -0.913.